The van der Waals surface area contributed by atoms with E-state index in [4.69, 9.17) is 4.74 Å². The van der Waals surface area contributed by atoms with Gasteiger partial charge in [0.1, 0.15) is 11.6 Å². The molecule has 0 aromatic heterocycles. The van der Waals surface area contributed by atoms with Gasteiger partial charge in [0.05, 0.1) is 17.7 Å². The summed E-state index contributed by atoms with van der Waals surface area (Å²) >= 11 is 0. The van der Waals surface area contributed by atoms with Crippen molar-refractivity contribution in [2.24, 2.45) is 5.92 Å². The van der Waals surface area contributed by atoms with E-state index in [2.05, 4.69) is 20.0 Å². The van der Waals surface area contributed by atoms with Crippen molar-refractivity contribution in [3.8, 4) is 0 Å². The minimum Gasteiger partial charge on any atom is -0.459 e. The maximum atomic E-state index is 13.2. The van der Waals surface area contributed by atoms with E-state index in [1.54, 1.807) is 12.1 Å². The molecule has 0 saturated carbocycles. The van der Waals surface area contributed by atoms with E-state index in [1.165, 1.54) is 0 Å². The van der Waals surface area contributed by atoms with Crippen LogP contribution in [0.15, 0.2) is 18.2 Å². The maximum Gasteiger partial charge on any atom is 0.320 e. The molecule has 0 bridgehead atoms. The van der Waals surface area contributed by atoms with Crippen LogP contribution in [-0.2, 0) is 19.1 Å². The number of piperazine rings is 1. The zero-order chi connectivity index (χ0) is 28.6. The lowest BCUT2D eigenvalue weighted by Gasteiger charge is -2.40. The third kappa shape index (κ3) is 6.20. The zero-order valence-corrected chi connectivity index (χ0v) is 23.6. The van der Waals surface area contributed by atoms with Gasteiger partial charge in [-0.15, -0.1) is 0 Å². The topological polar surface area (TPSA) is 120 Å². The molecule has 1 aromatic carbocycles. The number of carbonyl (C=O) groups is 5. The first kappa shape index (κ1) is 28.2. The molecule has 4 amide bonds. The summed E-state index contributed by atoms with van der Waals surface area (Å²) in [6.45, 7) is 12.2. The number of rotatable bonds is 6. The Balaban J connectivity index is 1.14. The molecule has 0 spiro atoms. The molecule has 1 N–H and O–H groups in total. The molecule has 5 rings (SSSR count). The van der Waals surface area contributed by atoms with E-state index in [-0.39, 0.29) is 24.7 Å². The number of likely N-dealkylation sites (tertiary alicyclic amines) is 1. The van der Waals surface area contributed by atoms with Crippen LogP contribution in [0.5, 0.6) is 0 Å². The zero-order valence-electron chi connectivity index (χ0n) is 23.6. The number of amides is 4. The fourth-order valence-electron chi connectivity index (χ4n) is 6.21. The molecule has 4 aliphatic rings. The number of nitrogens with one attached hydrogen (secondary N) is 1. The van der Waals surface area contributed by atoms with E-state index in [0.29, 0.717) is 23.6 Å². The van der Waals surface area contributed by atoms with Crippen molar-refractivity contribution in [3.05, 3.63) is 29.3 Å². The molecule has 40 heavy (non-hydrogen) atoms. The minimum absolute atomic E-state index is 0.0992. The molecule has 2 atom stereocenters. The molecule has 11 nitrogen and oxygen atoms in total. The van der Waals surface area contributed by atoms with E-state index in [9.17, 15) is 24.0 Å². The lowest BCUT2D eigenvalue weighted by molar-refractivity contribution is -0.156. The molecule has 3 saturated heterocycles. The molecule has 0 aliphatic carbocycles. The highest BCUT2D eigenvalue weighted by atomic mass is 16.6. The summed E-state index contributed by atoms with van der Waals surface area (Å²) in [5, 5.41) is 2.23. The van der Waals surface area contributed by atoms with Gasteiger partial charge in [-0.25, -0.2) is 0 Å². The van der Waals surface area contributed by atoms with Crippen molar-refractivity contribution in [2.45, 2.75) is 58.1 Å². The monoisotopic (exact) mass is 553 g/mol. The molecule has 3 fully saturated rings. The van der Waals surface area contributed by atoms with Crippen molar-refractivity contribution in [1.82, 2.24) is 20.0 Å². The SMILES string of the molecule is CC(C)(C)OC(=O)CN1CCCC(CN2CCN(c3ccc4c(c3)C(=O)N(C3CCC(=O)NC3=O)C4=O)CC2)C1. The number of piperidine rings is 2. The number of ether oxygens (including phenoxy) is 1. The van der Waals surface area contributed by atoms with Gasteiger partial charge in [0.25, 0.3) is 11.8 Å². The van der Waals surface area contributed by atoms with Crippen LogP contribution in [0, 0.1) is 5.92 Å². The number of imide groups is 2. The lowest BCUT2D eigenvalue weighted by Crippen LogP contribution is -2.54. The highest BCUT2D eigenvalue weighted by Crippen LogP contribution is 2.31. The van der Waals surface area contributed by atoms with Crippen LogP contribution in [0.4, 0.5) is 5.69 Å². The van der Waals surface area contributed by atoms with E-state index in [0.717, 1.165) is 69.2 Å². The van der Waals surface area contributed by atoms with Gasteiger partial charge in [-0.05, 0) is 70.7 Å². The smallest absolute Gasteiger partial charge is 0.320 e. The molecule has 11 heteroatoms. The number of carbonyl (C=O) groups excluding carboxylic acids is 5. The Morgan fingerprint density at radius 1 is 0.950 bits per heavy atom. The molecule has 2 unspecified atom stereocenters. The van der Waals surface area contributed by atoms with Gasteiger partial charge in [0.2, 0.25) is 11.8 Å². The quantitative estimate of drug-likeness (QED) is 0.410. The van der Waals surface area contributed by atoms with Crippen LogP contribution in [0.1, 0.15) is 67.2 Å². The summed E-state index contributed by atoms with van der Waals surface area (Å²) < 4.78 is 5.50. The van der Waals surface area contributed by atoms with Crippen LogP contribution >= 0.6 is 0 Å². The molecule has 216 valence electrons. The summed E-state index contributed by atoms with van der Waals surface area (Å²) in [7, 11) is 0. The Morgan fingerprint density at radius 3 is 2.38 bits per heavy atom. The van der Waals surface area contributed by atoms with E-state index >= 15 is 0 Å². The molecule has 1 aromatic rings. The van der Waals surface area contributed by atoms with E-state index in [1.807, 2.05) is 26.8 Å². The summed E-state index contributed by atoms with van der Waals surface area (Å²) in [6.07, 6.45) is 2.47. The Labute approximate surface area is 234 Å². The molecule has 4 heterocycles. The predicted octanol–water partition coefficient (Wildman–Crippen LogP) is 1.26. The van der Waals surface area contributed by atoms with Gasteiger partial charge in [0.15, 0.2) is 0 Å². The van der Waals surface area contributed by atoms with Crippen LogP contribution in [0.2, 0.25) is 0 Å². The average Bonchev–Trinajstić information content (AvgIpc) is 3.13. The first-order chi connectivity index (χ1) is 19.0. The Morgan fingerprint density at radius 2 is 1.68 bits per heavy atom. The second-order valence-corrected chi connectivity index (χ2v) is 12.3. The molecule has 0 radical (unpaired) electrons. The number of benzene rings is 1. The first-order valence-corrected chi connectivity index (χ1v) is 14.3. The summed E-state index contributed by atoms with van der Waals surface area (Å²) in [5.74, 6) is -1.63. The van der Waals surface area contributed by atoms with Gasteiger partial charge >= 0.3 is 5.97 Å². The Hall–Kier alpha value is -3.31. The number of hydrogen-bond acceptors (Lipinski definition) is 9. The van der Waals surface area contributed by atoms with Crippen molar-refractivity contribution >= 4 is 35.3 Å². The number of esters is 1. The van der Waals surface area contributed by atoms with Gasteiger partial charge < -0.3 is 9.64 Å². The van der Waals surface area contributed by atoms with Crippen molar-refractivity contribution in [1.29, 1.82) is 0 Å². The second kappa shape index (κ2) is 11.3. The maximum absolute atomic E-state index is 13.2. The van der Waals surface area contributed by atoms with E-state index < -0.39 is 29.4 Å². The minimum atomic E-state index is -0.961. The van der Waals surface area contributed by atoms with Gasteiger partial charge in [-0.3, -0.25) is 44.0 Å². The summed E-state index contributed by atoms with van der Waals surface area (Å²) in [6, 6.07) is 4.33. The third-order valence-electron chi connectivity index (χ3n) is 8.05. The molecular formula is C29H39N5O6. The fourth-order valence-corrected chi connectivity index (χ4v) is 6.21. The summed E-state index contributed by atoms with van der Waals surface area (Å²) in [5.41, 5.74) is 1.01. The second-order valence-electron chi connectivity index (χ2n) is 12.3. The normalized spacial score (nSPS) is 24.8. The highest BCUT2D eigenvalue weighted by Gasteiger charge is 2.44. The molecule has 4 aliphatic heterocycles. The number of fused-ring (bicyclic) bond motifs is 1. The Kier molecular flexibility index (Phi) is 7.96. The predicted molar refractivity (Wildman–Crippen MR) is 147 cm³/mol. The lowest BCUT2D eigenvalue weighted by atomic mass is 9.97. The summed E-state index contributed by atoms with van der Waals surface area (Å²) in [4.78, 5) is 70.2. The molecular weight excluding hydrogens is 514 g/mol. The number of anilines is 1. The Bertz CT molecular complexity index is 1200. The largest absolute Gasteiger partial charge is 0.459 e. The average molecular weight is 554 g/mol. The fraction of sp³-hybridized carbons (Fsp3) is 0.621. The van der Waals surface area contributed by atoms with Gasteiger partial charge in [-0.1, -0.05) is 0 Å². The highest BCUT2D eigenvalue weighted by molar-refractivity contribution is 6.23. The number of hydrogen-bond donors (Lipinski definition) is 1. The number of nitrogens with zero attached hydrogens (tertiary/aromatic N) is 4. The first-order valence-electron chi connectivity index (χ1n) is 14.3. The van der Waals surface area contributed by atoms with Crippen molar-refractivity contribution < 1.29 is 28.7 Å². The van der Waals surface area contributed by atoms with Crippen LogP contribution in [0.25, 0.3) is 0 Å². The van der Waals surface area contributed by atoms with Gasteiger partial charge in [-0.2, -0.15) is 0 Å². The van der Waals surface area contributed by atoms with Crippen LogP contribution in [0.3, 0.4) is 0 Å². The van der Waals surface area contributed by atoms with Crippen LogP contribution < -0.4 is 10.2 Å². The standard InChI is InChI=1S/C29H39N5O6/c1-29(2,3)40-25(36)18-32-10-4-5-19(17-32)16-31-11-13-33(14-12-31)20-6-7-21-22(15-20)28(39)34(27(21)38)23-8-9-24(35)30-26(23)37/h6-7,15,19,23H,4-5,8-14,16-18H2,1-3H3,(H,30,35,37). The van der Waals surface area contributed by atoms with Gasteiger partial charge in [0, 0.05) is 51.4 Å². The van der Waals surface area contributed by atoms with Crippen molar-refractivity contribution in [2.75, 3.05) is 57.3 Å². The van der Waals surface area contributed by atoms with Crippen LogP contribution in [-0.4, -0.2) is 108 Å². The van der Waals surface area contributed by atoms with Crippen molar-refractivity contribution in [3.63, 3.8) is 0 Å². The third-order valence-corrected chi connectivity index (χ3v) is 8.05.